The number of hydrogen-bond donors (Lipinski definition) is 1. The van der Waals surface area contributed by atoms with E-state index >= 15 is 0 Å². The van der Waals surface area contributed by atoms with Crippen molar-refractivity contribution in [2.75, 3.05) is 18.0 Å². The van der Waals surface area contributed by atoms with Crippen molar-refractivity contribution in [1.82, 2.24) is 9.97 Å². The Morgan fingerprint density at radius 3 is 2.84 bits per heavy atom. The van der Waals surface area contributed by atoms with Crippen molar-refractivity contribution in [3.63, 3.8) is 0 Å². The van der Waals surface area contributed by atoms with Crippen LogP contribution in [0.2, 0.25) is 0 Å². The average Bonchev–Trinajstić information content (AvgIpc) is 2.87. The van der Waals surface area contributed by atoms with Crippen molar-refractivity contribution in [2.45, 2.75) is 33.1 Å². The molecule has 1 saturated heterocycles. The molecule has 102 valence electrons. The minimum Gasteiger partial charge on any atom is -0.371 e. The van der Waals surface area contributed by atoms with E-state index in [9.17, 15) is 0 Å². The van der Waals surface area contributed by atoms with Crippen LogP contribution in [0.4, 0.5) is 5.69 Å². The highest BCUT2D eigenvalue weighted by Crippen LogP contribution is 2.30. The molecule has 0 unspecified atom stereocenters. The SMILES string of the molecule is CC(C)CC1CCN(c2ccnc3[nH]ccc23)CC1. The van der Waals surface area contributed by atoms with E-state index in [-0.39, 0.29) is 0 Å². The molecule has 3 heterocycles. The highest BCUT2D eigenvalue weighted by Gasteiger charge is 2.21. The van der Waals surface area contributed by atoms with Gasteiger partial charge in [0.05, 0.1) is 0 Å². The number of fused-ring (bicyclic) bond motifs is 1. The third kappa shape index (κ3) is 2.60. The Hall–Kier alpha value is -1.51. The van der Waals surface area contributed by atoms with Crippen LogP contribution < -0.4 is 4.90 Å². The first-order valence-electron chi connectivity index (χ1n) is 7.41. The lowest BCUT2D eigenvalue weighted by molar-refractivity contribution is 0.338. The van der Waals surface area contributed by atoms with Gasteiger partial charge in [0, 0.05) is 36.6 Å². The molecule has 0 aromatic carbocycles. The molecule has 1 aliphatic heterocycles. The van der Waals surface area contributed by atoms with Crippen LogP contribution in [-0.2, 0) is 0 Å². The third-order valence-electron chi connectivity index (χ3n) is 4.20. The molecule has 0 aliphatic carbocycles. The minimum absolute atomic E-state index is 0.828. The molecule has 3 rings (SSSR count). The fourth-order valence-electron chi connectivity index (χ4n) is 3.30. The maximum absolute atomic E-state index is 4.37. The fraction of sp³-hybridized carbons (Fsp3) is 0.562. The van der Waals surface area contributed by atoms with E-state index in [1.165, 1.54) is 43.4 Å². The topological polar surface area (TPSA) is 31.9 Å². The van der Waals surface area contributed by atoms with Crippen LogP contribution in [-0.4, -0.2) is 23.1 Å². The molecule has 2 aromatic rings. The Balaban J connectivity index is 1.73. The van der Waals surface area contributed by atoms with Crippen LogP contribution in [0.15, 0.2) is 24.5 Å². The zero-order valence-corrected chi connectivity index (χ0v) is 11.9. The number of nitrogens with zero attached hydrogens (tertiary/aromatic N) is 2. The van der Waals surface area contributed by atoms with Gasteiger partial charge in [-0.05, 0) is 43.2 Å². The number of aromatic nitrogens is 2. The number of H-pyrrole nitrogens is 1. The van der Waals surface area contributed by atoms with Crippen LogP contribution in [0.5, 0.6) is 0 Å². The number of pyridine rings is 1. The van der Waals surface area contributed by atoms with Crippen molar-refractivity contribution in [1.29, 1.82) is 0 Å². The molecular weight excluding hydrogens is 234 g/mol. The highest BCUT2D eigenvalue weighted by molar-refractivity contribution is 5.89. The summed E-state index contributed by atoms with van der Waals surface area (Å²) in [6.45, 7) is 7.03. The van der Waals surface area contributed by atoms with Crippen molar-refractivity contribution < 1.29 is 0 Å². The van der Waals surface area contributed by atoms with Crippen molar-refractivity contribution in [3.8, 4) is 0 Å². The van der Waals surface area contributed by atoms with Gasteiger partial charge in [0.15, 0.2) is 0 Å². The first-order valence-corrected chi connectivity index (χ1v) is 7.41. The molecule has 1 N–H and O–H groups in total. The number of anilines is 1. The van der Waals surface area contributed by atoms with Crippen LogP contribution in [0.1, 0.15) is 33.1 Å². The van der Waals surface area contributed by atoms with Crippen molar-refractivity contribution in [2.24, 2.45) is 11.8 Å². The van der Waals surface area contributed by atoms with Gasteiger partial charge in [-0.3, -0.25) is 0 Å². The van der Waals surface area contributed by atoms with Gasteiger partial charge in [0.1, 0.15) is 5.65 Å². The summed E-state index contributed by atoms with van der Waals surface area (Å²) < 4.78 is 0. The van der Waals surface area contributed by atoms with Crippen molar-refractivity contribution >= 4 is 16.7 Å². The summed E-state index contributed by atoms with van der Waals surface area (Å²) in [4.78, 5) is 10.1. The molecule has 2 aromatic heterocycles. The zero-order valence-electron chi connectivity index (χ0n) is 11.9. The van der Waals surface area contributed by atoms with Crippen LogP contribution in [0, 0.1) is 11.8 Å². The van der Waals surface area contributed by atoms with E-state index in [0.29, 0.717) is 0 Å². The van der Waals surface area contributed by atoms with Crippen molar-refractivity contribution in [3.05, 3.63) is 24.5 Å². The molecular formula is C16H23N3. The maximum Gasteiger partial charge on any atom is 0.139 e. The Kier molecular flexibility index (Phi) is 3.45. The highest BCUT2D eigenvalue weighted by atomic mass is 15.1. The van der Waals surface area contributed by atoms with E-state index < -0.39 is 0 Å². The summed E-state index contributed by atoms with van der Waals surface area (Å²) in [6.07, 6.45) is 7.92. The average molecular weight is 257 g/mol. The molecule has 3 nitrogen and oxygen atoms in total. The molecule has 1 fully saturated rings. The van der Waals surface area contributed by atoms with Gasteiger partial charge >= 0.3 is 0 Å². The second kappa shape index (κ2) is 5.24. The summed E-state index contributed by atoms with van der Waals surface area (Å²) in [7, 11) is 0. The van der Waals surface area contributed by atoms with Crippen LogP contribution >= 0.6 is 0 Å². The number of hydrogen-bond acceptors (Lipinski definition) is 2. The van der Waals surface area contributed by atoms with Crippen LogP contribution in [0.3, 0.4) is 0 Å². The predicted octanol–water partition coefficient (Wildman–Crippen LogP) is 3.83. The first kappa shape index (κ1) is 12.5. The second-order valence-electron chi connectivity index (χ2n) is 6.13. The Labute approximate surface area is 115 Å². The summed E-state index contributed by atoms with van der Waals surface area (Å²) in [5.74, 6) is 1.74. The lowest BCUT2D eigenvalue weighted by Gasteiger charge is -2.34. The summed E-state index contributed by atoms with van der Waals surface area (Å²) in [5, 5.41) is 1.25. The van der Waals surface area contributed by atoms with Crippen LogP contribution in [0.25, 0.3) is 11.0 Å². The summed E-state index contributed by atoms with van der Waals surface area (Å²) in [6, 6.07) is 4.29. The smallest absolute Gasteiger partial charge is 0.139 e. The largest absolute Gasteiger partial charge is 0.371 e. The van der Waals surface area contributed by atoms with Gasteiger partial charge in [-0.1, -0.05) is 13.8 Å². The molecule has 19 heavy (non-hydrogen) atoms. The van der Waals surface area contributed by atoms with E-state index in [2.05, 4.69) is 40.8 Å². The fourth-order valence-corrected chi connectivity index (χ4v) is 3.30. The molecule has 0 saturated carbocycles. The standard InChI is InChI=1S/C16H23N3/c1-12(2)11-13-5-9-19(10-6-13)15-4-8-18-16-14(15)3-7-17-16/h3-4,7-8,12-13H,5-6,9-11H2,1-2H3,(H,17,18). The Morgan fingerprint density at radius 2 is 2.11 bits per heavy atom. The van der Waals surface area contributed by atoms with E-state index in [1.54, 1.807) is 0 Å². The number of piperidine rings is 1. The number of rotatable bonds is 3. The lowest BCUT2D eigenvalue weighted by atomic mass is 9.88. The molecule has 3 heteroatoms. The minimum atomic E-state index is 0.828. The molecule has 0 bridgehead atoms. The monoisotopic (exact) mass is 257 g/mol. The number of nitrogens with one attached hydrogen (secondary N) is 1. The normalized spacial score (nSPS) is 17.5. The summed E-state index contributed by atoms with van der Waals surface area (Å²) >= 11 is 0. The quantitative estimate of drug-likeness (QED) is 0.906. The maximum atomic E-state index is 4.37. The predicted molar refractivity (Wildman–Crippen MR) is 80.5 cm³/mol. The second-order valence-corrected chi connectivity index (χ2v) is 6.13. The molecule has 0 atom stereocenters. The van der Waals surface area contributed by atoms with E-state index in [4.69, 9.17) is 0 Å². The molecule has 0 amide bonds. The first-order chi connectivity index (χ1) is 9.24. The van der Waals surface area contributed by atoms with Gasteiger partial charge < -0.3 is 9.88 Å². The zero-order chi connectivity index (χ0) is 13.2. The van der Waals surface area contributed by atoms with E-state index in [0.717, 1.165) is 17.5 Å². The third-order valence-corrected chi connectivity index (χ3v) is 4.20. The van der Waals surface area contributed by atoms with Gasteiger partial charge in [0.2, 0.25) is 0 Å². The van der Waals surface area contributed by atoms with Gasteiger partial charge in [0.25, 0.3) is 0 Å². The molecule has 0 spiro atoms. The summed E-state index contributed by atoms with van der Waals surface area (Å²) in [5.41, 5.74) is 2.34. The number of aromatic amines is 1. The lowest BCUT2D eigenvalue weighted by Crippen LogP contribution is -2.34. The van der Waals surface area contributed by atoms with Gasteiger partial charge in [-0.2, -0.15) is 0 Å². The molecule has 0 radical (unpaired) electrons. The Bertz CT molecular complexity index is 536. The molecule has 1 aliphatic rings. The van der Waals surface area contributed by atoms with Gasteiger partial charge in [-0.15, -0.1) is 0 Å². The van der Waals surface area contributed by atoms with E-state index in [1.807, 2.05) is 12.4 Å². The van der Waals surface area contributed by atoms with Gasteiger partial charge in [-0.25, -0.2) is 4.98 Å². The Morgan fingerprint density at radius 1 is 1.32 bits per heavy atom.